The average molecular weight is 284 g/mol. The number of hydrogen-bond acceptors (Lipinski definition) is 6. The zero-order chi connectivity index (χ0) is 15.5. The molecule has 20 heavy (non-hydrogen) atoms. The van der Waals surface area contributed by atoms with Gasteiger partial charge in [-0.05, 0) is 13.8 Å². The Bertz CT molecular complexity index is 453. The van der Waals surface area contributed by atoms with Gasteiger partial charge in [0.2, 0.25) is 0 Å². The summed E-state index contributed by atoms with van der Waals surface area (Å²) in [5.74, 6) is -2.50. The van der Waals surface area contributed by atoms with Crippen LogP contribution in [0.2, 0.25) is 0 Å². The normalized spacial score (nSPS) is 29.1. The lowest BCUT2D eigenvalue weighted by atomic mass is 9.65. The van der Waals surface area contributed by atoms with E-state index in [9.17, 15) is 14.4 Å². The number of ether oxygens (including phenoxy) is 3. The van der Waals surface area contributed by atoms with Gasteiger partial charge in [0.15, 0.2) is 0 Å². The molecule has 0 aliphatic heterocycles. The third-order valence-electron chi connectivity index (χ3n) is 3.75. The number of methoxy groups -OCH3 is 2. The third kappa shape index (κ3) is 2.69. The molecule has 6 nitrogen and oxygen atoms in total. The Morgan fingerprint density at radius 1 is 1.25 bits per heavy atom. The molecule has 6 heteroatoms. The molecule has 1 aliphatic rings. The van der Waals surface area contributed by atoms with E-state index in [1.165, 1.54) is 21.1 Å². The Hall–Kier alpha value is -1.85. The molecule has 1 rings (SSSR count). The van der Waals surface area contributed by atoms with Crippen LogP contribution in [-0.4, -0.2) is 38.2 Å². The lowest BCUT2D eigenvalue weighted by Gasteiger charge is -2.42. The molecular weight excluding hydrogens is 264 g/mol. The second-order valence-electron chi connectivity index (χ2n) is 5.01. The van der Waals surface area contributed by atoms with Crippen molar-refractivity contribution in [1.29, 1.82) is 0 Å². The molecule has 0 saturated heterocycles. The summed E-state index contributed by atoms with van der Waals surface area (Å²) in [6, 6.07) is 0. The zero-order valence-electron chi connectivity index (χ0n) is 12.4. The number of esters is 3. The third-order valence-corrected chi connectivity index (χ3v) is 3.75. The monoisotopic (exact) mass is 284 g/mol. The average Bonchev–Trinajstić information content (AvgIpc) is 2.40. The van der Waals surface area contributed by atoms with E-state index in [-0.39, 0.29) is 0 Å². The molecule has 0 N–H and O–H groups in total. The summed E-state index contributed by atoms with van der Waals surface area (Å²) in [7, 11) is 2.49. The van der Waals surface area contributed by atoms with Gasteiger partial charge in [-0.1, -0.05) is 11.6 Å². The lowest BCUT2D eigenvalue weighted by molar-refractivity contribution is -0.181. The van der Waals surface area contributed by atoms with Crippen LogP contribution in [0.15, 0.2) is 11.6 Å². The molecule has 112 valence electrons. The highest BCUT2D eigenvalue weighted by molar-refractivity contribution is 5.88. The minimum Gasteiger partial charge on any atom is -0.469 e. The highest BCUT2D eigenvalue weighted by Gasteiger charge is 2.56. The molecule has 0 saturated carbocycles. The van der Waals surface area contributed by atoms with Gasteiger partial charge in [0.1, 0.15) is 11.5 Å². The summed E-state index contributed by atoms with van der Waals surface area (Å²) < 4.78 is 14.8. The van der Waals surface area contributed by atoms with Crippen molar-refractivity contribution in [2.24, 2.45) is 11.3 Å². The molecule has 0 radical (unpaired) electrons. The van der Waals surface area contributed by atoms with Crippen LogP contribution in [0.3, 0.4) is 0 Å². The summed E-state index contributed by atoms with van der Waals surface area (Å²) in [5.41, 5.74) is -0.597. The first-order chi connectivity index (χ1) is 9.28. The molecule has 0 aromatic carbocycles. The van der Waals surface area contributed by atoms with Gasteiger partial charge in [-0.2, -0.15) is 0 Å². The van der Waals surface area contributed by atoms with Gasteiger partial charge in [0.25, 0.3) is 0 Å². The molecule has 0 unspecified atom stereocenters. The van der Waals surface area contributed by atoms with E-state index in [1.807, 2.05) is 0 Å². The van der Waals surface area contributed by atoms with Gasteiger partial charge in [0, 0.05) is 13.3 Å². The molecule has 1 aliphatic carbocycles. The molecule has 0 aromatic rings. The van der Waals surface area contributed by atoms with Crippen LogP contribution in [0.25, 0.3) is 0 Å². The minimum absolute atomic E-state index is 0.352. The van der Waals surface area contributed by atoms with Crippen LogP contribution in [-0.2, 0) is 28.6 Å². The first-order valence-corrected chi connectivity index (χ1v) is 6.29. The van der Waals surface area contributed by atoms with Gasteiger partial charge in [0.05, 0.1) is 20.1 Å². The van der Waals surface area contributed by atoms with Crippen molar-refractivity contribution in [3.05, 3.63) is 11.6 Å². The van der Waals surface area contributed by atoms with Crippen LogP contribution < -0.4 is 0 Å². The smallest absolute Gasteiger partial charge is 0.316 e. The van der Waals surface area contributed by atoms with Crippen molar-refractivity contribution in [2.45, 2.75) is 33.3 Å². The van der Waals surface area contributed by atoms with E-state index in [4.69, 9.17) is 14.2 Å². The van der Waals surface area contributed by atoms with E-state index in [0.29, 0.717) is 12.0 Å². The second-order valence-corrected chi connectivity index (χ2v) is 5.01. The van der Waals surface area contributed by atoms with E-state index >= 15 is 0 Å². The maximum atomic E-state index is 12.2. The van der Waals surface area contributed by atoms with Gasteiger partial charge in [-0.15, -0.1) is 0 Å². The molecule has 0 fully saturated rings. The fourth-order valence-electron chi connectivity index (χ4n) is 2.70. The first kappa shape index (κ1) is 16.2. The van der Waals surface area contributed by atoms with Crippen molar-refractivity contribution in [1.82, 2.24) is 0 Å². The summed E-state index contributed by atoms with van der Waals surface area (Å²) in [6.07, 6.45) is 1.37. The van der Waals surface area contributed by atoms with E-state index in [2.05, 4.69) is 0 Å². The van der Waals surface area contributed by atoms with Crippen molar-refractivity contribution in [3.63, 3.8) is 0 Å². The van der Waals surface area contributed by atoms with Crippen molar-refractivity contribution >= 4 is 17.9 Å². The van der Waals surface area contributed by atoms with Crippen LogP contribution in [0.1, 0.15) is 27.2 Å². The summed E-state index contributed by atoms with van der Waals surface area (Å²) in [5, 5.41) is 0. The number of hydrogen-bond donors (Lipinski definition) is 0. The fraction of sp³-hybridized carbons (Fsp3) is 0.643. The molecule has 0 aromatic heterocycles. The Morgan fingerprint density at radius 3 is 2.30 bits per heavy atom. The molecule has 3 atom stereocenters. The number of rotatable bonds is 3. The Labute approximate surface area is 118 Å². The highest BCUT2D eigenvalue weighted by atomic mass is 16.6. The molecule has 0 bridgehead atoms. The van der Waals surface area contributed by atoms with Gasteiger partial charge in [-0.25, -0.2) is 0 Å². The van der Waals surface area contributed by atoms with Crippen molar-refractivity contribution in [2.75, 3.05) is 14.2 Å². The summed E-state index contributed by atoms with van der Waals surface area (Å²) in [4.78, 5) is 35.5. The maximum Gasteiger partial charge on any atom is 0.316 e. The summed E-state index contributed by atoms with van der Waals surface area (Å²) >= 11 is 0. The fourth-order valence-corrected chi connectivity index (χ4v) is 2.70. The predicted molar refractivity (Wildman–Crippen MR) is 69.6 cm³/mol. The first-order valence-electron chi connectivity index (χ1n) is 6.29. The van der Waals surface area contributed by atoms with E-state index in [1.54, 1.807) is 19.9 Å². The quantitative estimate of drug-likeness (QED) is 0.441. The minimum atomic E-state index is -1.30. The van der Waals surface area contributed by atoms with Crippen LogP contribution >= 0.6 is 0 Å². The SMILES string of the molecule is COC(=O)[C@@H]1C(C)=CC[C@H](OC(C)=O)[C@]1(C)C(=O)OC. The summed E-state index contributed by atoms with van der Waals surface area (Å²) in [6.45, 7) is 4.56. The topological polar surface area (TPSA) is 78.9 Å². The largest absolute Gasteiger partial charge is 0.469 e. The number of carbonyl (C=O) groups excluding carboxylic acids is 3. The zero-order valence-corrected chi connectivity index (χ0v) is 12.4. The highest BCUT2D eigenvalue weighted by Crippen LogP contribution is 2.44. The second kappa shape index (κ2) is 6.07. The Kier molecular flexibility index (Phi) is 4.92. The van der Waals surface area contributed by atoms with Gasteiger partial charge in [-0.3, -0.25) is 14.4 Å². The van der Waals surface area contributed by atoms with Crippen molar-refractivity contribution < 1.29 is 28.6 Å². The van der Waals surface area contributed by atoms with Crippen LogP contribution in [0, 0.1) is 11.3 Å². The maximum absolute atomic E-state index is 12.2. The van der Waals surface area contributed by atoms with Crippen LogP contribution in [0.4, 0.5) is 0 Å². The Balaban J connectivity index is 3.33. The Morgan fingerprint density at radius 2 is 1.85 bits per heavy atom. The molecule has 0 spiro atoms. The molecule has 0 heterocycles. The van der Waals surface area contributed by atoms with Gasteiger partial charge < -0.3 is 14.2 Å². The standard InChI is InChI=1S/C14H20O6/c1-8-6-7-10(20-9(2)15)14(3,13(17)19-5)11(8)12(16)18-4/h6,10-11H,7H2,1-5H3/t10-,11-,14-/m0/s1. The van der Waals surface area contributed by atoms with Crippen molar-refractivity contribution in [3.8, 4) is 0 Å². The van der Waals surface area contributed by atoms with E-state index in [0.717, 1.165) is 0 Å². The predicted octanol–water partition coefficient (Wildman–Crippen LogP) is 1.24. The van der Waals surface area contributed by atoms with E-state index < -0.39 is 35.3 Å². The molecule has 0 amide bonds. The molecular formula is C14H20O6. The number of carbonyl (C=O) groups is 3. The van der Waals surface area contributed by atoms with Gasteiger partial charge >= 0.3 is 17.9 Å². The lowest BCUT2D eigenvalue weighted by Crippen LogP contribution is -2.53. The van der Waals surface area contributed by atoms with Crippen LogP contribution in [0.5, 0.6) is 0 Å².